The van der Waals surface area contributed by atoms with Gasteiger partial charge in [-0.3, -0.25) is 4.79 Å². The molecular weight excluding hydrogens is 242 g/mol. The molecule has 0 atom stereocenters. The molecule has 0 fully saturated rings. The molecule has 0 saturated carbocycles. The number of hydrogen-bond acceptors (Lipinski definition) is 2. The number of thioether (sulfide) groups is 1. The standard InChI is InChI=1S/C15H23NOS/c1-11-6-12(2)8-13(7-11)9-18-10-14(17)16-15(3,4)5/h6-8H,9-10H2,1-5H3,(H,16,17). The topological polar surface area (TPSA) is 29.1 Å². The lowest BCUT2D eigenvalue weighted by molar-refractivity contribution is -0.119. The van der Waals surface area contributed by atoms with Crippen molar-refractivity contribution in [2.75, 3.05) is 5.75 Å². The molecule has 1 amide bonds. The maximum atomic E-state index is 11.7. The molecule has 0 heterocycles. The van der Waals surface area contributed by atoms with Crippen molar-refractivity contribution in [2.24, 2.45) is 0 Å². The molecule has 100 valence electrons. The molecule has 0 aliphatic rings. The summed E-state index contributed by atoms with van der Waals surface area (Å²) in [6.45, 7) is 10.2. The second kappa shape index (κ2) is 6.28. The van der Waals surface area contributed by atoms with Crippen molar-refractivity contribution >= 4 is 17.7 Å². The largest absolute Gasteiger partial charge is 0.351 e. The van der Waals surface area contributed by atoms with E-state index < -0.39 is 0 Å². The summed E-state index contributed by atoms with van der Waals surface area (Å²) < 4.78 is 0. The zero-order chi connectivity index (χ0) is 13.8. The first-order valence-corrected chi connectivity index (χ1v) is 7.38. The highest BCUT2D eigenvalue weighted by Crippen LogP contribution is 2.16. The van der Waals surface area contributed by atoms with Crippen molar-refractivity contribution in [1.82, 2.24) is 5.32 Å². The van der Waals surface area contributed by atoms with Crippen molar-refractivity contribution in [1.29, 1.82) is 0 Å². The van der Waals surface area contributed by atoms with Gasteiger partial charge in [-0.25, -0.2) is 0 Å². The lowest BCUT2D eigenvalue weighted by atomic mass is 10.1. The first-order valence-electron chi connectivity index (χ1n) is 6.22. The SMILES string of the molecule is Cc1cc(C)cc(CSCC(=O)NC(C)(C)C)c1. The van der Waals surface area contributed by atoms with E-state index in [-0.39, 0.29) is 11.4 Å². The molecule has 1 N–H and O–H groups in total. The molecule has 0 aliphatic carbocycles. The van der Waals surface area contributed by atoms with Gasteiger partial charge in [-0.2, -0.15) is 0 Å². The van der Waals surface area contributed by atoms with Crippen LogP contribution in [0.25, 0.3) is 0 Å². The van der Waals surface area contributed by atoms with Crippen molar-refractivity contribution in [3.05, 3.63) is 34.9 Å². The van der Waals surface area contributed by atoms with Crippen LogP contribution in [0.5, 0.6) is 0 Å². The second-order valence-corrected chi connectivity index (χ2v) is 6.77. The molecule has 0 saturated heterocycles. The van der Waals surface area contributed by atoms with E-state index in [0.717, 1.165) is 5.75 Å². The summed E-state index contributed by atoms with van der Waals surface area (Å²) in [5.74, 6) is 1.52. The molecule has 0 spiro atoms. The highest BCUT2D eigenvalue weighted by atomic mass is 32.2. The monoisotopic (exact) mass is 265 g/mol. The zero-order valence-corrected chi connectivity index (χ0v) is 12.8. The van der Waals surface area contributed by atoms with Crippen LogP contribution >= 0.6 is 11.8 Å². The van der Waals surface area contributed by atoms with Gasteiger partial charge < -0.3 is 5.32 Å². The van der Waals surface area contributed by atoms with Gasteiger partial charge in [0.25, 0.3) is 0 Å². The lowest BCUT2D eigenvalue weighted by Crippen LogP contribution is -2.41. The number of amides is 1. The van der Waals surface area contributed by atoms with Crippen LogP contribution in [0.15, 0.2) is 18.2 Å². The zero-order valence-electron chi connectivity index (χ0n) is 12.0. The molecule has 0 bridgehead atoms. The van der Waals surface area contributed by atoms with Crippen LogP contribution in [0.1, 0.15) is 37.5 Å². The molecule has 2 nitrogen and oxygen atoms in total. The Balaban J connectivity index is 2.40. The third kappa shape index (κ3) is 6.10. The molecule has 3 heteroatoms. The predicted molar refractivity (Wildman–Crippen MR) is 80.0 cm³/mol. The van der Waals surface area contributed by atoms with Crippen LogP contribution in [0.4, 0.5) is 0 Å². The fourth-order valence-electron chi connectivity index (χ4n) is 1.87. The first kappa shape index (κ1) is 15.1. The molecule has 0 unspecified atom stereocenters. The van der Waals surface area contributed by atoms with Crippen molar-refractivity contribution < 1.29 is 4.79 Å². The van der Waals surface area contributed by atoms with E-state index in [1.54, 1.807) is 11.8 Å². The Morgan fingerprint density at radius 1 is 1.17 bits per heavy atom. The van der Waals surface area contributed by atoms with E-state index in [1.165, 1.54) is 16.7 Å². The number of rotatable bonds is 4. The lowest BCUT2D eigenvalue weighted by Gasteiger charge is -2.20. The van der Waals surface area contributed by atoms with Gasteiger partial charge in [0.15, 0.2) is 0 Å². The summed E-state index contributed by atoms with van der Waals surface area (Å²) >= 11 is 1.66. The smallest absolute Gasteiger partial charge is 0.230 e. The second-order valence-electron chi connectivity index (χ2n) is 5.79. The van der Waals surface area contributed by atoms with Gasteiger partial charge in [0.2, 0.25) is 5.91 Å². The average molecular weight is 265 g/mol. The van der Waals surface area contributed by atoms with Gasteiger partial charge in [0, 0.05) is 11.3 Å². The maximum absolute atomic E-state index is 11.7. The van der Waals surface area contributed by atoms with E-state index in [2.05, 4.69) is 37.4 Å². The third-order valence-corrected chi connectivity index (χ3v) is 3.30. The molecular formula is C15H23NOS. The predicted octanol–water partition coefficient (Wildman–Crippen LogP) is 3.45. The number of benzene rings is 1. The fraction of sp³-hybridized carbons (Fsp3) is 0.533. The van der Waals surface area contributed by atoms with Crippen molar-refractivity contribution in [3.63, 3.8) is 0 Å². The minimum Gasteiger partial charge on any atom is -0.351 e. The van der Waals surface area contributed by atoms with Crippen LogP contribution < -0.4 is 5.32 Å². The van der Waals surface area contributed by atoms with Gasteiger partial charge in [0.05, 0.1) is 5.75 Å². The summed E-state index contributed by atoms with van der Waals surface area (Å²) in [6, 6.07) is 6.53. The fourth-order valence-corrected chi connectivity index (χ4v) is 2.63. The van der Waals surface area contributed by atoms with Gasteiger partial charge >= 0.3 is 0 Å². The molecule has 0 radical (unpaired) electrons. The van der Waals surface area contributed by atoms with Gasteiger partial charge in [0.1, 0.15) is 0 Å². The number of nitrogens with one attached hydrogen (secondary N) is 1. The summed E-state index contributed by atoms with van der Waals surface area (Å²) in [7, 11) is 0. The van der Waals surface area contributed by atoms with Crippen molar-refractivity contribution in [3.8, 4) is 0 Å². The molecule has 1 aromatic carbocycles. The molecule has 1 aromatic rings. The third-order valence-electron chi connectivity index (χ3n) is 2.30. The highest BCUT2D eigenvalue weighted by molar-refractivity contribution is 7.99. The Bertz CT molecular complexity index is 401. The van der Waals surface area contributed by atoms with Crippen LogP contribution in [0, 0.1) is 13.8 Å². The quantitative estimate of drug-likeness (QED) is 0.903. The molecule has 0 aromatic heterocycles. The van der Waals surface area contributed by atoms with Gasteiger partial charge in [-0.1, -0.05) is 29.3 Å². The Kier molecular flexibility index (Phi) is 5.27. The van der Waals surface area contributed by atoms with E-state index in [1.807, 2.05) is 20.8 Å². The Hall–Kier alpha value is -0.960. The summed E-state index contributed by atoms with van der Waals surface area (Å²) in [6.07, 6.45) is 0. The number of carbonyl (C=O) groups excluding carboxylic acids is 1. The number of aryl methyl sites for hydroxylation is 2. The molecule has 1 rings (SSSR count). The summed E-state index contributed by atoms with van der Waals surface area (Å²) in [5.41, 5.74) is 3.72. The maximum Gasteiger partial charge on any atom is 0.230 e. The Morgan fingerprint density at radius 2 is 1.72 bits per heavy atom. The minimum atomic E-state index is -0.141. The Labute approximate surface area is 115 Å². The molecule has 0 aliphatic heterocycles. The van der Waals surface area contributed by atoms with E-state index in [4.69, 9.17) is 0 Å². The minimum absolute atomic E-state index is 0.108. The van der Waals surface area contributed by atoms with E-state index >= 15 is 0 Å². The number of carbonyl (C=O) groups is 1. The van der Waals surface area contributed by atoms with Gasteiger partial charge in [-0.15, -0.1) is 11.8 Å². The average Bonchev–Trinajstić information content (AvgIpc) is 2.12. The summed E-state index contributed by atoms with van der Waals surface area (Å²) in [4.78, 5) is 11.7. The summed E-state index contributed by atoms with van der Waals surface area (Å²) in [5, 5.41) is 2.97. The van der Waals surface area contributed by atoms with Crippen LogP contribution in [-0.4, -0.2) is 17.2 Å². The first-order chi connectivity index (χ1) is 8.26. The Morgan fingerprint density at radius 3 is 2.22 bits per heavy atom. The van der Waals surface area contributed by atoms with E-state index in [9.17, 15) is 4.79 Å². The van der Waals surface area contributed by atoms with Crippen LogP contribution in [0.2, 0.25) is 0 Å². The number of hydrogen-bond donors (Lipinski definition) is 1. The van der Waals surface area contributed by atoms with Crippen LogP contribution in [-0.2, 0) is 10.5 Å². The van der Waals surface area contributed by atoms with Gasteiger partial charge in [-0.05, 0) is 40.2 Å². The highest BCUT2D eigenvalue weighted by Gasteiger charge is 2.13. The molecule has 18 heavy (non-hydrogen) atoms. The normalized spacial score (nSPS) is 11.4. The van der Waals surface area contributed by atoms with Crippen LogP contribution in [0.3, 0.4) is 0 Å². The van der Waals surface area contributed by atoms with E-state index in [0.29, 0.717) is 5.75 Å². The van der Waals surface area contributed by atoms with Crippen molar-refractivity contribution in [2.45, 2.75) is 45.9 Å².